The van der Waals surface area contributed by atoms with E-state index in [1.807, 2.05) is 24.4 Å². The molecule has 0 fully saturated rings. The van der Waals surface area contributed by atoms with Crippen LogP contribution in [0.4, 0.5) is 4.79 Å². The highest BCUT2D eigenvalue weighted by Crippen LogP contribution is 2.16. The SMILES string of the molecule is O=C(Oc1ccccc1)n1cnc(C2=CCC=NC2)c1. The molecule has 0 N–H and O–H groups in total. The van der Waals surface area contributed by atoms with Gasteiger partial charge < -0.3 is 4.74 Å². The van der Waals surface area contributed by atoms with Crippen molar-refractivity contribution in [1.29, 1.82) is 0 Å². The van der Waals surface area contributed by atoms with E-state index in [0.717, 1.165) is 17.7 Å². The smallest absolute Gasteiger partial charge is 0.410 e. The predicted molar refractivity (Wildman–Crippen MR) is 76.0 cm³/mol. The van der Waals surface area contributed by atoms with Crippen LogP contribution in [0.3, 0.4) is 0 Å². The Morgan fingerprint density at radius 2 is 2.10 bits per heavy atom. The van der Waals surface area contributed by atoms with E-state index >= 15 is 0 Å². The first-order valence-corrected chi connectivity index (χ1v) is 6.32. The summed E-state index contributed by atoms with van der Waals surface area (Å²) in [5, 5.41) is 0. The molecule has 1 aromatic heterocycles. The number of carbonyl (C=O) groups excluding carboxylic acids is 1. The van der Waals surface area contributed by atoms with Gasteiger partial charge in [-0.25, -0.2) is 14.3 Å². The first kappa shape index (κ1) is 12.3. The molecule has 0 aliphatic carbocycles. The summed E-state index contributed by atoms with van der Waals surface area (Å²) < 4.78 is 6.57. The lowest BCUT2D eigenvalue weighted by atomic mass is 10.1. The molecule has 0 saturated carbocycles. The van der Waals surface area contributed by atoms with Gasteiger partial charge in [-0.15, -0.1) is 0 Å². The van der Waals surface area contributed by atoms with Gasteiger partial charge in [0.2, 0.25) is 0 Å². The second kappa shape index (κ2) is 5.52. The van der Waals surface area contributed by atoms with E-state index in [0.29, 0.717) is 12.3 Å². The Morgan fingerprint density at radius 3 is 2.85 bits per heavy atom. The Hall–Kier alpha value is -2.69. The number of carbonyl (C=O) groups is 1. The number of hydrogen-bond donors (Lipinski definition) is 0. The van der Waals surface area contributed by atoms with Gasteiger partial charge in [0.05, 0.1) is 12.2 Å². The monoisotopic (exact) mass is 267 g/mol. The minimum absolute atomic E-state index is 0.477. The third kappa shape index (κ3) is 2.66. The number of ether oxygens (including phenoxy) is 1. The van der Waals surface area contributed by atoms with Gasteiger partial charge in [0.1, 0.15) is 12.1 Å². The summed E-state index contributed by atoms with van der Waals surface area (Å²) in [7, 11) is 0. The van der Waals surface area contributed by atoms with Crippen LogP contribution in [0, 0.1) is 0 Å². The summed E-state index contributed by atoms with van der Waals surface area (Å²) >= 11 is 0. The van der Waals surface area contributed by atoms with Crippen molar-refractivity contribution in [2.24, 2.45) is 4.99 Å². The number of benzene rings is 1. The molecule has 0 spiro atoms. The van der Waals surface area contributed by atoms with Gasteiger partial charge in [-0.1, -0.05) is 24.3 Å². The maximum absolute atomic E-state index is 12.0. The fourth-order valence-electron chi connectivity index (χ4n) is 1.91. The van der Waals surface area contributed by atoms with Gasteiger partial charge in [0.15, 0.2) is 0 Å². The van der Waals surface area contributed by atoms with Crippen LogP contribution in [-0.4, -0.2) is 28.4 Å². The molecular formula is C15H13N3O2. The second-order valence-electron chi connectivity index (χ2n) is 4.34. The fourth-order valence-corrected chi connectivity index (χ4v) is 1.91. The molecule has 0 bridgehead atoms. The second-order valence-corrected chi connectivity index (χ2v) is 4.34. The molecule has 0 unspecified atom stereocenters. The van der Waals surface area contributed by atoms with Gasteiger partial charge in [-0.05, 0) is 17.7 Å². The van der Waals surface area contributed by atoms with Crippen LogP contribution in [0.15, 0.2) is 53.9 Å². The number of hydrogen-bond acceptors (Lipinski definition) is 4. The maximum Gasteiger partial charge on any atom is 0.424 e. The van der Waals surface area contributed by atoms with Gasteiger partial charge in [-0.2, -0.15) is 0 Å². The van der Waals surface area contributed by atoms with E-state index in [-0.39, 0.29) is 0 Å². The zero-order chi connectivity index (χ0) is 13.8. The molecule has 5 heteroatoms. The zero-order valence-corrected chi connectivity index (χ0v) is 10.8. The van der Waals surface area contributed by atoms with Crippen LogP contribution in [0.1, 0.15) is 12.1 Å². The lowest BCUT2D eigenvalue weighted by molar-refractivity contribution is 0.202. The summed E-state index contributed by atoms with van der Waals surface area (Å²) in [6.45, 7) is 0.602. The first-order chi connectivity index (χ1) is 9.83. The average molecular weight is 267 g/mol. The number of rotatable bonds is 2. The van der Waals surface area contributed by atoms with E-state index in [4.69, 9.17) is 4.74 Å². The molecule has 1 aromatic carbocycles. The highest BCUT2D eigenvalue weighted by molar-refractivity contribution is 5.77. The fraction of sp³-hybridized carbons (Fsp3) is 0.133. The van der Waals surface area contributed by atoms with Crippen LogP contribution in [-0.2, 0) is 0 Å². The number of para-hydroxylation sites is 1. The van der Waals surface area contributed by atoms with Crippen molar-refractivity contribution in [2.45, 2.75) is 6.42 Å². The average Bonchev–Trinajstić information content (AvgIpc) is 2.99. The van der Waals surface area contributed by atoms with Crippen molar-refractivity contribution >= 4 is 17.9 Å². The predicted octanol–water partition coefficient (Wildman–Crippen LogP) is 2.79. The lowest BCUT2D eigenvalue weighted by Crippen LogP contribution is -2.14. The quantitative estimate of drug-likeness (QED) is 0.840. The Balaban J connectivity index is 1.73. The van der Waals surface area contributed by atoms with Crippen molar-refractivity contribution in [2.75, 3.05) is 6.54 Å². The van der Waals surface area contributed by atoms with Crippen molar-refractivity contribution in [1.82, 2.24) is 9.55 Å². The van der Waals surface area contributed by atoms with Gasteiger partial charge in [0, 0.05) is 18.8 Å². The van der Waals surface area contributed by atoms with Gasteiger partial charge in [0.25, 0.3) is 0 Å². The van der Waals surface area contributed by atoms with Crippen molar-refractivity contribution < 1.29 is 9.53 Å². The van der Waals surface area contributed by atoms with E-state index in [2.05, 4.69) is 16.1 Å². The number of aliphatic imine (C=N–C) groups is 1. The minimum atomic E-state index is -0.477. The third-order valence-electron chi connectivity index (χ3n) is 2.93. The molecule has 5 nitrogen and oxygen atoms in total. The Bertz CT molecular complexity index is 671. The molecule has 1 aliphatic heterocycles. The summed E-state index contributed by atoms with van der Waals surface area (Å²) in [5.41, 5.74) is 1.78. The van der Waals surface area contributed by atoms with E-state index in [1.165, 1.54) is 10.9 Å². The standard InChI is InChI=1S/C15H13N3O2/c19-15(20-13-6-2-1-3-7-13)18-10-14(17-11-18)12-5-4-8-16-9-12/h1-3,5-8,10-11H,4,9H2. The molecule has 3 rings (SSSR count). The molecule has 20 heavy (non-hydrogen) atoms. The molecule has 0 radical (unpaired) electrons. The molecule has 0 amide bonds. The van der Waals surface area contributed by atoms with Crippen molar-refractivity contribution in [3.63, 3.8) is 0 Å². The molecule has 100 valence electrons. The molecular weight excluding hydrogens is 254 g/mol. The molecule has 0 saturated heterocycles. The van der Waals surface area contributed by atoms with Crippen molar-refractivity contribution in [3.8, 4) is 5.75 Å². The van der Waals surface area contributed by atoms with Gasteiger partial charge >= 0.3 is 6.09 Å². The van der Waals surface area contributed by atoms with Crippen LogP contribution in [0.25, 0.3) is 5.57 Å². The Morgan fingerprint density at radius 1 is 1.25 bits per heavy atom. The number of nitrogens with zero attached hydrogens (tertiary/aromatic N) is 3. The van der Waals surface area contributed by atoms with Crippen LogP contribution >= 0.6 is 0 Å². The summed E-state index contributed by atoms with van der Waals surface area (Å²) in [6.07, 6.45) is 7.37. The summed E-state index contributed by atoms with van der Waals surface area (Å²) in [4.78, 5) is 20.4. The van der Waals surface area contributed by atoms with Crippen LogP contribution in [0.5, 0.6) is 5.75 Å². The normalized spacial score (nSPS) is 13.9. The summed E-state index contributed by atoms with van der Waals surface area (Å²) in [6, 6.07) is 8.95. The minimum Gasteiger partial charge on any atom is -0.410 e. The first-order valence-electron chi connectivity index (χ1n) is 6.32. The Labute approximate surface area is 116 Å². The molecule has 2 aromatic rings. The molecule has 2 heterocycles. The number of allylic oxidation sites excluding steroid dienone is 1. The Kier molecular flexibility index (Phi) is 3.41. The highest BCUT2D eigenvalue weighted by atomic mass is 16.6. The topological polar surface area (TPSA) is 56.5 Å². The molecule has 1 aliphatic rings. The van der Waals surface area contributed by atoms with E-state index in [9.17, 15) is 4.79 Å². The number of dihydropyridines is 1. The van der Waals surface area contributed by atoms with Gasteiger partial charge in [-0.3, -0.25) is 4.99 Å². The van der Waals surface area contributed by atoms with Crippen molar-refractivity contribution in [3.05, 3.63) is 54.6 Å². The van der Waals surface area contributed by atoms with E-state index in [1.54, 1.807) is 18.3 Å². The largest absolute Gasteiger partial charge is 0.424 e. The summed E-state index contributed by atoms with van der Waals surface area (Å²) in [5.74, 6) is 0.509. The van der Waals surface area contributed by atoms with E-state index < -0.39 is 6.09 Å². The molecule has 0 atom stereocenters. The highest BCUT2D eigenvalue weighted by Gasteiger charge is 2.12. The number of aromatic nitrogens is 2. The van der Waals surface area contributed by atoms with Crippen LogP contribution < -0.4 is 4.74 Å². The zero-order valence-electron chi connectivity index (χ0n) is 10.8. The third-order valence-corrected chi connectivity index (χ3v) is 2.93. The van der Waals surface area contributed by atoms with Crippen LogP contribution in [0.2, 0.25) is 0 Å². The number of imidazole rings is 1. The lowest BCUT2D eigenvalue weighted by Gasteiger charge is -2.05. The maximum atomic E-state index is 12.0.